The third kappa shape index (κ3) is 2.69. The average molecular weight is 281 g/mol. The molecule has 4 atom stereocenters. The van der Waals surface area contributed by atoms with Crippen molar-refractivity contribution in [3.63, 3.8) is 0 Å². The predicted molar refractivity (Wildman–Crippen MR) is 55.0 cm³/mol. The maximum absolute atomic E-state index is 10.9. The summed E-state index contributed by atoms with van der Waals surface area (Å²) in [5, 5.41) is 17.8. The van der Waals surface area contributed by atoms with Crippen molar-refractivity contribution in [2.45, 2.75) is 23.8 Å². The van der Waals surface area contributed by atoms with Crippen LogP contribution in [-0.2, 0) is 14.3 Å². The summed E-state index contributed by atoms with van der Waals surface area (Å²) >= 11 is 3.32. The maximum Gasteiger partial charge on any atom is 0.307 e. The third-order valence-electron chi connectivity index (χ3n) is 2.79. The van der Waals surface area contributed by atoms with Gasteiger partial charge in [0.25, 0.3) is 0 Å². The molecule has 2 N–H and O–H groups in total. The molecular formula is C9H13BrO5. The van der Waals surface area contributed by atoms with E-state index in [-0.39, 0.29) is 23.8 Å². The summed E-state index contributed by atoms with van der Waals surface area (Å²) in [5.74, 6) is -3.82. The van der Waals surface area contributed by atoms with Crippen LogP contribution in [0.2, 0.25) is 0 Å². The van der Waals surface area contributed by atoms with Gasteiger partial charge in [-0.15, -0.1) is 0 Å². The topological polar surface area (TPSA) is 83.8 Å². The van der Waals surface area contributed by atoms with Gasteiger partial charge in [-0.25, -0.2) is 0 Å². The van der Waals surface area contributed by atoms with Gasteiger partial charge in [-0.05, 0) is 12.8 Å². The molecule has 0 saturated heterocycles. The Bertz CT molecular complexity index is 267. The number of aliphatic carboxylic acids is 2. The minimum atomic E-state index is -1.07. The van der Waals surface area contributed by atoms with Gasteiger partial charge in [0.05, 0.1) is 17.9 Å². The van der Waals surface area contributed by atoms with Crippen LogP contribution in [0.1, 0.15) is 12.8 Å². The first kappa shape index (κ1) is 12.4. The summed E-state index contributed by atoms with van der Waals surface area (Å²) in [6.45, 7) is 0. The van der Waals surface area contributed by atoms with Gasteiger partial charge in [0.2, 0.25) is 0 Å². The van der Waals surface area contributed by atoms with Crippen LogP contribution < -0.4 is 0 Å². The van der Waals surface area contributed by atoms with E-state index in [0.717, 1.165) is 0 Å². The molecule has 4 unspecified atom stereocenters. The van der Waals surface area contributed by atoms with E-state index in [9.17, 15) is 9.59 Å². The standard InChI is InChI=1S/C9H13BrO5/c1-15-7-3-5(9(13)14)4(8(11)12)2-6(7)10/h4-7H,2-3H2,1H3,(H,11,12)(H,13,14). The Morgan fingerprint density at radius 2 is 1.67 bits per heavy atom. The number of hydrogen-bond acceptors (Lipinski definition) is 3. The fourth-order valence-corrected chi connectivity index (χ4v) is 2.74. The number of rotatable bonds is 3. The van der Waals surface area contributed by atoms with Crippen molar-refractivity contribution < 1.29 is 24.5 Å². The molecule has 0 amide bonds. The van der Waals surface area contributed by atoms with E-state index in [1.807, 2.05) is 0 Å². The maximum atomic E-state index is 10.9. The van der Waals surface area contributed by atoms with Crippen LogP contribution in [0.25, 0.3) is 0 Å². The number of ether oxygens (including phenoxy) is 1. The number of halogens is 1. The summed E-state index contributed by atoms with van der Waals surface area (Å²) in [6, 6.07) is 0. The van der Waals surface area contributed by atoms with Crippen molar-refractivity contribution in [3.8, 4) is 0 Å². The Kier molecular flexibility index (Phi) is 4.10. The summed E-state index contributed by atoms with van der Waals surface area (Å²) in [7, 11) is 1.50. The highest BCUT2D eigenvalue weighted by Gasteiger charge is 2.43. The van der Waals surface area contributed by atoms with Crippen LogP contribution in [0.15, 0.2) is 0 Å². The van der Waals surface area contributed by atoms with Gasteiger partial charge in [0, 0.05) is 11.9 Å². The molecular weight excluding hydrogens is 268 g/mol. The number of methoxy groups -OCH3 is 1. The zero-order chi connectivity index (χ0) is 11.6. The van der Waals surface area contributed by atoms with Crippen LogP contribution in [0.5, 0.6) is 0 Å². The lowest BCUT2D eigenvalue weighted by molar-refractivity contribution is -0.157. The zero-order valence-electron chi connectivity index (χ0n) is 8.22. The molecule has 6 heteroatoms. The van der Waals surface area contributed by atoms with Crippen molar-refractivity contribution in [3.05, 3.63) is 0 Å². The van der Waals surface area contributed by atoms with E-state index >= 15 is 0 Å². The number of alkyl halides is 1. The third-order valence-corrected chi connectivity index (χ3v) is 3.76. The highest BCUT2D eigenvalue weighted by atomic mass is 79.9. The summed E-state index contributed by atoms with van der Waals surface area (Å²) in [5.41, 5.74) is 0. The lowest BCUT2D eigenvalue weighted by atomic mass is 9.78. The monoisotopic (exact) mass is 280 g/mol. The molecule has 0 aromatic rings. The van der Waals surface area contributed by atoms with Crippen LogP contribution >= 0.6 is 15.9 Å². The highest BCUT2D eigenvalue weighted by Crippen LogP contribution is 2.35. The van der Waals surface area contributed by atoms with Crippen LogP contribution in [0, 0.1) is 11.8 Å². The molecule has 1 aliphatic carbocycles. The second-order valence-corrected chi connectivity index (χ2v) is 4.83. The smallest absolute Gasteiger partial charge is 0.307 e. The van der Waals surface area contributed by atoms with Crippen molar-refractivity contribution >= 4 is 27.9 Å². The average Bonchev–Trinajstić information content (AvgIpc) is 2.16. The van der Waals surface area contributed by atoms with E-state index in [1.54, 1.807) is 0 Å². The normalized spacial score (nSPS) is 36.1. The second-order valence-electron chi connectivity index (χ2n) is 3.65. The van der Waals surface area contributed by atoms with E-state index in [2.05, 4.69) is 15.9 Å². The first-order valence-corrected chi connectivity index (χ1v) is 5.51. The summed E-state index contributed by atoms with van der Waals surface area (Å²) in [4.78, 5) is 21.7. The SMILES string of the molecule is COC1CC(C(=O)O)C(C(=O)O)CC1Br. The van der Waals surface area contributed by atoms with E-state index in [4.69, 9.17) is 14.9 Å². The molecule has 1 rings (SSSR count). The van der Waals surface area contributed by atoms with Gasteiger partial charge >= 0.3 is 11.9 Å². The molecule has 0 spiro atoms. The van der Waals surface area contributed by atoms with Crippen molar-refractivity contribution in [2.24, 2.45) is 11.8 Å². The molecule has 0 aromatic carbocycles. The fourth-order valence-electron chi connectivity index (χ4n) is 1.91. The molecule has 0 radical (unpaired) electrons. The number of hydrogen-bond donors (Lipinski definition) is 2. The minimum Gasteiger partial charge on any atom is -0.481 e. The summed E-state index contributed by atoms with van der Waals surface area (Å²) in [6.07, 6.45) is 0.283. The quantitative estimate of drug-likeness (QED) is 0.753. The van der Waals surface area contributed by atoms with Gasteiger partial charge in [0.15, 0.2) is 0 Å². The largest absolute Gasteiger partial charge is 0.481 e. The Balaban J connectivity index is 2.81. The molecule has 86 valence electrons. The molecule has 0 aliphatic heterocycles. The molecule has 1 aliphatic rings. The van der Waals surface area contributed by atoms with Gasteiger partial charge in [-0.1, -0.05) is 15.9 Å². The highest BCUT2D eigenvalue weighted by molar-refractivity contribution is 9.09. The van der Waals surface area contributed by atoms with Gasteiger partial charge in [-0.2, -0.15) is 0 Å². The minimum absolute atomic E-state index is 0.0980. The Morgan fingerprint density at radius 1 is 1.20 bits per heavy atom. The molecule has 15 heavy (non-hydrogen) atoms. The van der Waals surface area contributed by atoms with Crippen molar-refractivity contribution in [1.29, 1.82) is 0 Å². The van der Waals surface area contributed by atoms with Crippen molar-refractivity contribution in [2.75, 3.05) is 7.11 Å². The predicted octanol–water partition coefficient (Wildman–Crippen LogP) is 0.960. The number of carboxylic acids is 2. The molecule has 0 heterocycles. The first-order valence-electron chi connectivity index (χ1n) is 4.59. The van der Waals surface area contributed by atoms with Gasteiger partial charge in [-0.3, -0.25) is 9.59 Å². The first-order chi connectivity index (χ1) is 6.97. The molecule has 1 fully saturated rings. The van der Waals surface area contributed by atoms with Crippen molar-refractivity contribution in [1.82, 2.24) is 0 Å². The zero-order valence-corrected chi connectivity index (χ0v) is 9.81. The fraction of sp³-hybridized carbons (Fsp3) is 0.778. The van der Waals surface area contributed by atoms with E-state index < -0.39 is 23.8 Å². The molecule has 0 bridgehead atoms. The van der Waals surface area contributed by atoms with Crippen LogP contribution in [-0.4, -0.2) is 40.2 Å². The Labute approximate surface area is 95.5 Å². The van der Waals surface area contributed by atoms with Crippen LogP contribution in [0.3, 0.4) is 0 Å². The molecule has 0 aromatic heterocycles. The number of carbonyl (C=O) groups is 2. The van der Waals surface area contributed by atoms with Crippen LogP contribution in [0.4, 0.5) is 0 Å². The van der Waals surface area contributed by atoms with Gasteiger partial charge in [0.1, 0.15) is 0 Å². The lowest BCUT2D eigenvalue weighted by Crippen LogP contribution is -2.43. The summed E-state index contributed by atoms with van der Waals surface area (Å²) < 4.78 is 5.11. The van der Waals surface area contributed by atoms with E-state index in [0.29, 0.717) is 0 Å². The Morgan fingerprint density at radius 3 is 2.07 bits per heavy atom. The number of carboxylic acid groups (broad SMARTS) is 2. The lowest BCUT2D eigenvalue weighted by Gasteiger charge is -2.34. The molecule has 1 saturated carbocycles. The van der Waals surface area contributed by atoms with Gasteiger partial charge < -0.3 is 14.9 Å². The van der Waals surface area contributed by atoms with E-state index in [1.165, 1.54) is 7.11 Å². The Hall–Kier alpha value is -0.620. The second kappa shape index (κ2) is 4.94. The molecule has 5 nitrogen and oxygen atoms in total.